The van der Waals surface area contributed by atoms with E-state index in [1.807, 2.05) is 12.1 Å². The monoisotopic (exact) mass is 209 g/mol. The molecular weight excluding hydrogens is 194 g/mol. The molecular formula is C12H16ClN. The molecule has 76 valence electrons. The smallest absolute Gasteiger partial charge is 0.0406 e. The largest absolute Gasteiger partial charge is 0.330 e. The molecule has 0 bridgehead atoms. The van der Waals surface area contributed by atoms with E-state index in [2.05, 4.69) is 19.1 Å². The van der Waals surface area contributed by atoms with Crippen molar-refractivity contribution < 1.29 is 0 Å². The molecule has 0 radical (unpaired) electrons. The highest BCUT2D eigenvalue weighted by Gasteiger charge is 2.52. The Morgan fingerprint density at radius 1 is 1.43 bits per heavy atom. The highest BCUT2D eigenvalue weighted by molar-refractivity contribution is 6.30. The lowest BCUT2D eigenvalue weighted by atomic mass is 9.93. The van der Waals surface area contributed by atoms with Crippen LogP contribution in [0.4, 0.5) is 0 Å². The van der Waals surface area contributed by atoms with Gasteiger partial charge in [0.1, 0.15) is 0 Å². The summed E-state index contributed by atoms with van der Waals surface area (Å²) in [5.41, 5.74) is 7.49. The minimum absolute atomic E-state index is 0.263. The van der Waals surface area contributed by atoms with Gasteiger partial charge in [-0.25, -0.2) is 0 Å². The summed E-state index contributed by atoms with van der Waals surface area (Å²) in [6, 6.07) is 8.15. The Morgan fingerprint density at radius 3 is 2.50 bits per heavy atom. The van der Waals surface area contributed by atoms with E-state index in [9.17, 15) is 0 Å². The molecule has 0 amide bonds. The van der Waals surface area contributed by atoms with Gasteiger partial charge in [0, 0.05) is 17.0 Å². The Bertz CT molecular complexity index is 320. The van der Waals surface area contributed by atoms with Gasteiger partial charge in [0.25, 0.3) is 0 Å². The maximum Gasteiger partial charge on any atom is 0.0406 e. The Morgan fingerprint density at radius 2 is 2.07 bits per heavy atom. The topological polar surface area (TPSA) is 26.0 Å². The van der Waals surface area contributed by atoms with Gasteiger partial charge in [-0.05, 0) is 30.0 Å². The molecule has 2 unspecified atom stereocenters. The van der Waals surface area contributed by atoms with Crippen LogP contribution in [-0.4, -0.2) is 6.54 Å². The second-order valence-corrected chi connectivity index (χ2v) is 4.61. The van der Waals surface area contributed by atoms with Gasteiger partial charge in [0.2, 0.25) is 0 Å². The molecule has 2 heteroatoms. The summed E-state index contributed by atoms with van der Waals surface area (Å²) < 4.78 is 0. The Balaban J connectivity index is 2.26. The average molecular weight is 210 g/mol. The van der Waals surface area contributed by atoms with E-state index in [0.717, 1.165) is 17.5 Å². The zero-order valence-electron chi connectivity index (χ0n) is 8.46. The van der Waals surface area contributed by atoms with Crippen LogP contribution < -0.4 is 5.73 Å². The third kappa shape index (κ3) is 1.45. The lowest BCUT2D eigenvalue weighted by Gasteiger charge is -2.15. The first-order valence-electron chi connectivity index (χ1n) is 5.19. The van der Waals surface area contributed by atoms with Crippen molar-refractivity contribution in [2.24, 2.45) is 11.7 Å². The normalized spacial score (nSPS) is 30.4. The highest BCUT2D eigenvalue weighted by Crippen LogP contribution is 2.55. The van der Waals surface area contributed by atoms with E-state index >= 15 is 0 Å². The van der Waals surface area contributed by atoms with E-state index in [-0.39, 0.29) is 5.41 Å². The summed E-state index contributed by atoms with van der Waals surface area (Å²) >= 11 is 5.86. The summed E-state index contributed by atoms with van der Waals surface area (Å²) in [5, 5.41) is 0.801. The quantitative estimate of drug-likeness (QED) is 0.814. The van der Waals surface area contributed by atoms with E-state index in [0.29, 0.717) is 0 Å². The lowest BCUT2D eigenvalue weighted by Crippen LogP contribution is -2.22. The predicted octanol–water partition coefficient (Wildman–Crippen LogP) is 2.97. The Labute approximate surface area is 90.3 Å². The van der Waals surface area contributed by atoms with Gasteiger partial charge in [0.05, 0.1) is 0 Å². The van der Waals surface area contributed by atoms with Crippen LogP contribution in [0.15, 0.2) is 24.3 Å². The number of nitrogens with two attached hydrogens (primary N) is 1. The second kappa shape index (κ2) is 3.56. The van der Waals surface area contributed by atoms with Crippen LogP contribution in [0.1, 0.15) is 25.3 Å². The van der Waals surface area contributed by atoms with Gasteiger partial charge >= 0.3 is 0 Å². The van der Waals surface area contributed by atoms with Gasteiger partial charge in [0.15, 0.2) is 0 Å². The molecule has 0 heterocycles. The second-order valence-electron chi connectivity index (χ2n) is 4.18. The molecule has 1 fully saturated rings. The van der Waals surface area contributed by atoms with Crippen molar-refractivity contribution in [2.75, 3.05) is 6.54 Å². The van der Waals surface area contributed by atoms with Crippen molar-refractivity contribution in [3.8, 4) is 0 Å². The molecule has 0 aliphatic heterocycles. The molecule has 0 aromatic heterocycles. The van der Waals surface area contributed by atoms with E-state index < -0.39 is 0 Å². The predicted molar refractivity (Wildman–Crippen MR) is 60.6 cm³/mol. The molecule has 1 aromatic rings. The number of rotatable bonds is 3. The Hall–Kier alpha value is -0.530. The molecule has 2 N–H and O–H groups in total. The van der Waals surface area contributed by atoms with Crippen molar-refractivity contribution in [1.29, 1.82) is 0 Å². The molecule has 1 nitrogen and oxygen atoms in total. The van der Waals surface area contributed by atoms with E-state index in [4.69, 9.17) is 17.3 Å². The van der Waals surface area contributed by atoms with Crippen LogP contribution >= 0.6 is 11.6 Å². The molecule has 0 saturated heterocycles. The van der Waals surface area contributed by atoms with Crippen LogP contribution in [-0.2, 0) is 5.41 Å². The minimum Gasteiger partial charge on any atom is -0.330 e. The van der Waals surface area contributed by atoms with Crippen molar-refractivity contribution in [2.45, 2.75) is 25.2 Å². The van der Waals surface area contributed by atoms with Crippen molar-refractivity contribution >= 4 is 11.6 Å². The molecule has 1 aliphatic rings. The number of hydrogen-bond acceptors (Lipinski definition) is 1. The zero-order chi connectivity index (χ0) is 10.2. The molecule has 0 spiro atoms. The minimum atomic E-state index is 0.263. The van der Waals surface area contributed by atoms with Gasteiger partial charge in [-0.1, -0.05) is 37.1 Å². The lowest BCUT2D eigenvalue weighted by molar-refractivity contribution is 0.600. The average Bonchev–Trinajstić information content (AvgIpc) is 2.94. The Kier molecular flexibility index (Phi) is 2.54. The molecule has 1 aromatic carbocycles. The number of hydrogen-bond donors (Lipinski definition) is 1. The van der Waals surface area contributed by atoms with Crippen molar-refractivity contribution in [3.63, 3.8) is 0 Å². The molecule has 2 rings (SSSR count). The van der Waals surface area contributed by atoms with Crippen LogP contribution in [0, 0.1) is 5.92 Å². The van der Waals surface area contributed by atoms with E-state index in [1.54, 1.807) is 0 Å². The molecule has 1 saturated carbocycles. The standard InChI is InChI=1S/C12H16ClN/c1-2-9-7-12(9,8-14)10-3-5-11(13)6-4-10/h3-6,9H,2,7-8,14H2,1H3. The van der Waals surface area contributed by atoms with Gasteiger partial charge < -0.3 is 5.73 Å². The maximum absolute atomic E-state index is 5.87. The summed E-state index contributed by atoms with van der Waals surface area (Å²) in [7, 11) is 0. The fourth-order valence-electron chi connectivity index (χ4n) is 2.42. The zero-order valence-corrected chi connectivity index (χ0v) is 9.22. The summed E-state index contributed by atoms with van der Waals surface area (Å²) in [6.07, 6.45) is 2.46. The van der Waals surface area contributed by atoms with Crippen LogP contribution in [0.2, 0.25) is 5.02 Å². The van der Waals surface area contributed by atoms with Crippen LogP contribution in [0.25, 0.3) is 0 Å². The summed E-state index contributed by atoms with van der Waals surface area (Å²) in [5.74, 6) is 0.772. The summed E-state index contributed by atoms with van der Waals surface area (Å²) in [6.45, 7) is 2.99. The fourth-order valence-corrected chi connectivity index (χ4v) is 2.55. The molecule has 14 heavy (non-hydrogen) atoms. The first kappa shape index (κ1) is 10.0. The van der Waals surface area contributed by atoms with Gasteiger partial charge in [-0.15, -0.1) is 0 Å². The van der Waals surface area contributed by atoms with E-state index in [1.165, 1.54) is 18.4 Å². The maximum atomic E-state index is 5.87. The van der Waals surface area contributed by atoms with Crippen LogP contribution in [0.3, 0.4) is 0 Å². The van der Waals surface area contributed by atoms with Crippen molar-refractivity contribution in [1.82, 2.24) is 0 Å². The summed E-state index contributed by atoms with van der Waals surface area (Å²) in [4.78, 5) is 0. The first-order valence-corrected chi connectivity index (χ1v) is 5.57. The van der Waals surface area contributed by atoms with Crippen LogP contribution in [0.5, 0.6) is 0 Å². The number of halogens is 1. The fraction of sp³-hybridized carbons (Fsp3) is 0.500. The van der Waals surface area contributed by atoms with Gasteiger partial charge in [-0.2, -0.15) is 0 Å². The number of benzene rings is 1. The van der Waals surface area contributed by atoms with Crippen molar-refractivity contribution in [3.05, 3.63) is 34.9 Å². The molecule has 2 atom stereocenters. The molecule has 1 aliphatic carbocycles. The first-order chi connectivity index (χ1) is 6.73. The third-order valence-corrected chi connectivity index (χ3v) is 3.76. The van der Waals surface area contributed by atoms with Gasteiger partial charge in [-0.3, -0.25) is 0 Å². The third-order valence-electron chi connectivity index (χ3n) is 3.51. The SMILES string of the molecule is CCC1CC1(CN)c1ccc(Cl)cc1. The highest BCUT2D eigenvalue weighted by atomic mass is 35.5.